The van der Waals surface area contributed by atoms with E-state index in [0.717, 1.165) is 32.8 Å². The molecular formula is C34H49ClN6O6. The van der Waals surface area contributed by atoms with Crippen LogP contribution in [0.3, 0.4) is 0 Å². The van der Waals surface area contributed by atoms with Gasteiger partial charge >= 0.3 is 0 Å². The molecule has 2 fully saturated rings. The molecule has 12 nitrogen and oxygen atoms in total. The van der Waals surface area contributed by atoms with Gasteiger partial charge in [-0.2, -0.15) is 4.98 Å². The predicted octanol–water partition coefficient (Wildman–Crippen LogP) is 4.44. The largest absolute Gasteiger partial charge is 0.492 e. The number of likely N-dealkylation sites (tertiary alicyclic amines) is 1. The van der Waals surface area contributed by atoms with Gasteiger partial charge in [-0.05, 0) is 45.1 Å². The van der Waals surface area contributed by atoms with E-state index in [0.29, 0.717) is 78.5 Å². The van der Waals surface area contributed by atoms with Gasteiger partial charge in [0.25, 0.3) is 6.01 Å². The van der Waals surface area contributed by atoms with Crippen molar-refractivity contribution < 1.29 is 28.2 Å². The number of hydrogen-bond acceptors (Lipinski definition) is 10. The van der Waals surface area contributed by atoms with Crippen molar-refractivity contribution >= 4 is 35.6 Å². The second-order valence-electron chi connectivity index (χ2n) is 14.2. The zero-order chi connectivity index (χ0) is 33.7. The molecule has 0 saturated carbocycles. The number of carbonyl (C=O) groups excluding carboxylic acids is 2. The Kier molecular flexibility index (Phi) is 11.3. The molecule has 4 aliphatic rings. The van der Waals surface area contributed by atoms with Crippen molar-refractivity contribution in [2.24, 2.45) is 16.3 Å². The van der Waals surface area contributed by atoms with Crippen LogP contribution in [0.2, 0.25) is 0 Å². The van der Waals surface area contributed by atoms with Gasteiger partial charge in [-0.3, -0.25) is 14.5 Å². The molecule has 2 amide bonds. The molecule has 13 heteroatoms. The fourth-order valence-corrected chi connectivity index (χ4v) is 6.65. The average Bonchev–Trinajstić information content (AvgIpc) is 3.63. The Morgan fingerprint density at radius 1 is 1.26 bits per heavy atom. The summed E-state index contributed by atoms with van der Waals surface area (Å²) in [7, 11) is 0. The van der Waals surface area contributed by atoms with E-state index in [9.17, 15) is 9.59 Å². The van der Waals surface area contributed by atoms with Crippen LogP contribution in [-0.2, 0) is 23.8 Å². The number of anilines is 1. The van der Waals surface area contributed by atoms with Crippen LogP contribution in [0.4, 0.5) is 6.01 Å². The van der Waals surface area contributed by atoms with Crippen molar-refractivity contribution in [1.82, 2.24) is 20.1 Å². The molecule has 0 bridgehead atoms. The molecule has 5 rings (SSSR count). The number of aliphatic imine (C=N–C) groups is 1. The molecule has 4 atom stereocenters. The number of dihydropyridines is 1. The highest BCUT2D eigenvalue weighted by molar-refractivity contribution is 6.32. The lowest BCUT2D eigenvalue weighted by atomic mass is 9.87. The highest BCUT2D eigenvalue weighted by Crippen LogP contribution is 2.42. The number of halogens is 1. The first-order valence-electron chi connectivity index (χ1n) is 16.6. The molecule has 0 aromatic carbocycles. The number of rotatable bonds is 13. The summed E-state index contributed by atoms with van der Waals surface area (Å²) in [5, 5.41) is 6.37. The number of hydrogen-bond donors (Lipinski definition) is 2. The van der Waals surface area contributed by atoms with Crippen LogP contribution < -0.4 is 10.6 Å². The summed E-state index contributed by atoms with van der Waals surface area (Å²) in [6.07, 6.45) is 7.61. The summed E-state index contributed by atoms with van der Waals surface area (Å²) in [5.74, 6) is 0.998. The normalized spacial score (nSPS) is 24.3. The fraction of sp³-hybridized carbons (Fsp3) is 0.647. The number of allylic oxidation sites excluding steroid dienone is 3. The maximum atomic E-state index is 13.6. The molecule has 2 saturated heterocycles. The zero-order valence-electron chi connectivity index (χ0n) is 28.4. The van der Waals surface area contributed by atoms with E-state index in [1.54, 1.807) is 6.26 Å². The molecule has 3 aliphatic heterocycles. The number of amides is 2. The van der Waals surface area contributed by atoms with E-state index in [4.69, 9.17) is 35.2 Å². The maximum Gasteiger partial charge on any atom is 0.295 e. The SMILES string of the molecule is CC(C)Nc1nc(C2=NC3=C(Cl)C(OCCN4CCOCC4)=CCC3C(OC3CC(C)N(C(=O)[C@H](CC(C)(C)C)NC=O)C3)=C2)co1. The van der Waals surface area contributed by atoms with E-state index in [1.807, 2.05) is 37.8 Å². The van der Waals surface area contributed by atoms with Crippen LogP contribution in [0.1, 0.15) is 66.5 Å². The van der Waals surface area contributed by atoms with Gasteiger partial charge < -0.3 is 34.2 Å². The van der Waals surface area contributed by atoms with Crippen LogP contribution in [0, 0.1) is 11.3 Å². The Balaban J connectivity index is 1.35. The van der Waals surface area contributed by atoms with E-state index in [2.05, 4.69) is 41.3 Å². The lowest BCUT2D eigenvalue weighted by Gasteiger charge is -2.31. The number of morpholine rings is 1. The molecule has 4 heterocycles. The first-order valence-corrected chi connectivity index (χ1v) is 17.0. The lowest BCUT2D eigenvalue weighted by Crippen LogP contribution is -2.49. The maximum absolute atomic E-state index is 13.6. The average molecular weight is 673 g/mol. The Morgan fingerprint density at radius 3 is 2.72 bits per heavy atom. The molecule has 0 spiro atoms. The summed E-state index contributed by atoms with van der Waals surface area (Å²) in [6, 6.07) is -0.108. The van der Waals surface area contributed by atoms with Crippen molar-refractivity contribution in [3.63, 3.8) is 0 Å². The number of ether oxygens (including phenoxy) is 3. The third-order valence-corrected chi connectivity index (χ3v) is 9.01. The monoisotopic (exact) mass is 672 g/mol. The highest BCUT2D eigenvalue weighted by atomic mass is 35.5. The van der Waals surface area contributed by atoms with E-state index >= 15 is 0 Å². The van der Waals surface area contributed by atoms with Gasteiger partial charge in [0.2, 0.25) is 12.3 Å². The van der Waals surface area contributed by atoms with Crippen molar-refractivity contribution in [2.45, 2.75) is 85.0 Å². The number of nitrogens with zero attached hydrogens (tertiary/aromatic N) is 4. The standard InChI is InChI=1S/C34H49ClN6O6/c1-21(2)37-33-39-27(19-46-33)25-16-29(47-23-15-22(3)41(18-23)32(43)26(36-20-42)17-34(4,5)6)24-7-8-28(30(35)31(24)38-25)45-14-11-40-9-12-44-13-10-40/h8,16,19-24,26H,7,9-15,17-18H2,1-6H3,(H,36,42)(H,37,39)/t22?,23?,24?,26-/m0/s1. The van der Waals surface area contributed by atoms with E-state index < -0.39 is 6.04 Å². The molecule has 3 unspecified atom stereocenters. The molecule has 47 heavy (non-hydrogen) atoms. The third kappa shape index (κ3) is 8.97. The number of oxazole rings is 1. The summed E-state index contributed by atoms with van der Waals surface area (Å²) in [6.45, 7) is 17.1. The van der Waals surface area contributed by atoms with Gasteiger partial charge in [0.1, 0.15) is 47.3 Å². The predicted molar refractivity (Wildman–Crippen MR) is 180 cm³/mol. The van der Waals surface area contributed by atoms with Gasteiger partial charge in [-0.25, -0.2) is 4.99 Å². The Morgan fingerprint density at radius 2 is 2.02 bits per heavy atom. The smallest absolute Gasteiger partial charge is 0.295 e. The number of carbonyl (C=O) groups is 2. The van der Waals surface area contributed by atoms with Crippen molar-refractivity contribution in [1.29, 1.82) is 0 Å². The molecular weight excluding hydrogens is 624 g/mol. The quantitative estimate of drug-likeness (QED) is 0.292. The minimum absolute atomic E-state index is 0.0581. The van der Waals surface area contributed by atoms with Crippen molar-refractivity contribution in [2.75, 3.05) is 51.3 Å². The Hall–Kier alpha value is -3.35. The number of fused-ring (bicyclic) bond motifs is 1. The van der Waals surface area contributed by atoms with Gasteiger partial charge in [0.05, 0.1) is 37.1 Å². The first-order chi connectivity index (χ1) is 22.4. The van der Waals surface area contributed by atoms with Gasteiger partial charge in [-0.1, -0.05) is 32.4 Å². The second-order valence-corrected chi connectivity index (χ2v) is 14.5. The minimum Gasteiger partial charge on any atom is -0.492 e. The van der Waals surface area contributed by atoms with Crippen molar-refractivity contribution in [3.8, 4) is 0 Å². The molecule has 0 radical (unpaired) electrons. The molecule has 2 N–H and O–H groups in total. The van der Waals surface area contributed by atoms with Crippen LogP contribution >= 0.6 is 11.6 Å². The van der Waals surface area contributed by atoms with Gasteiger partial charge in [0, 0.05) is 44.2 Å². The summed E-state index contributed by atoms with van der Waals surface area (Å²) in [5.41, 5.74) is 1.64. The Bertz CT molecular complexity index is 1410. The van der Waals surface area contributed by atoms with Crippen LogP contribution in [-0.4, -0.2) is 103 Å². The minimum atomic E-state index is -0.597. The summed E-state index contributed by atoms with van der Waals surface area (Å²) < 4.78 is 24.0. The van der Waals surface area contributed by atoms with E-state index in [-0.39, 0.29) is 35.4 Å². The topological polar surface area (TPSA) is 131 Å². The van der Waals surface area contributed by atoms with Crippen LogP contribution in [0.25, 0.3) is 0 Å². The summed E-state index contributed by atoms with van der Waals surface area (Å²) >= 11 is 7.01. The number of nitrogens with one attached hydrogen (secondary N) is 2. The fourth-order valence-electron chi connectivity index (χ4n) is 6.34. The van der Waals surface area contributed by atoms with E-state index in [1.165, 1.54) is 0 Å². The zero-order valence-corrected chi connectivity index (χ0v) is 29.1. The summed E-state index contributed by atoms with van der Waals surface area (Å²) in [4.78, 5) is 38.7. The van der Waals surface area contributed by atoms with Crippen LogP contribution in [0.5, 0.6) is 0 Å². The van der Waals surface area contributed by atoms with Gasteiger partial charge in [-0.15, -0.1) is 0 Å². The van der Waals surface area contributed by atoms with Gasteiger partial charge in [0.15, 0.2) is 0 Å². The number of aromatic nitrogens is 1. The third-order valence-electron chi connectivity index (χ3n) is 8.63. The lowest BCUT2D eigenvalue weighted by molar-refractivity contribution is -0.136. The highest BCUT2D eigenvalue weighted by Gasteiger charge is 2.40. The molecule has 258 valence electrons. The molecule has 1 aromatic rings. The molecule has 1 aromatic heterocycles. The first kappa shape index (κ1) is 35.0. The Labute approximate surface area is 282 Å². The van der Waals surface area contributed by atoms with Crippen molar-refractivity contribution in [3.05, 3.63) is 46.4 Å². The second kappa shape index (κ2) is 15.3. The van der Waals surface area contributed by atoms with Crippen LogP contribution in [0.15, 0.2) is 50.1 Å². The molecule has 1 aliphatic carbocycles.